The number of aryl methyl sites for hydroxylation is 2. The maximum absolute atomic E-state index is 12.2. The Morgan fingerprint density at radius 3 is 2.39 bits per heavy atom. The maximum Gasteiger partial charge on any atom is 0.326 e. The summed E-state index contributed by atoms with van der Waals surface area (Å²) in [5.74, 6) is -1.71. The fourth-order valence-electron chi connectivity index (χ4n) is 2.33. The molecule has 0 aliphatic heterocycles. The molecule has 0 saturated heterocycles. The highest BCUT2D eigenvalue weighted by Crippen LogP contribution is 2.14. The fraction of sp³-hybridized carbons (Fsp3) is 0.500. The number of nitrogens with one attached hydrogen (secondary N) is 1. The number of carboxylic acid groups (broad SMARTS) is 1. The van der Waals surface area contributed by atoms with Crippen LogP contribution in [0.1, 0.15) is 54.6 Å². The van der Waals surface area contributed by atoms with Crippen LogP contribution in [0.2, 0.25) is 0 Å². The van der Waals surface area contributed by atoms with Crippen LogP contribution < -0.4 is 5.32 Å². The van der Waals surface area contributed by atoms with Gasteiger partial charge in [-0.3, -0.25) is 9.59 Å². The first-order valence-corrected chi connectivity index (χ1v) is 7.88. The van der Waals surface area contributed by atoms with Crippen LogP contribution in [0.4, 0.5) is 0 Å². The van der Waals surface area contributed by atoms with E-state index in [0.717, 1.165) is 11.1 Å². The van der Waals surface area contributed by atoms with Crippen molar-refractivity contribution in [3.63, 3.8) is 0 Å². The number of hydrogen-bond donors (Lipinski definition) is 2. The van der Waals surface area contributed by atoms with Crippen molar-refractivity contribution in [3.05, 3.63) is 34.9 Å². The van der Waals surface area contributed by atoms with Gasteiger partial charge < -0.3 is 10.4 Å². The third kappa shape index (κ3) is 5.51. The zero-order valence-electron chi connectivity index (χ0n) is 14.2. The van der Waals surface area contributed by atoms with Gasteiger partial charge in [-0.2, -0.15) is 0 Å². The number of Topliss-reactive ketones (excluding diaryl/α,β-unsaturated/α-hetero) is 1. The molecule has 1 aromatic rings. The first-order chi connectivity index (χ1) is 10.8. The summed E-state index contributed by atoms with van der Waals surface area (Å²) in [5.41, 5.74) is 2.49. The number of amides is 1. The first kappa shape index (κ1) is 18.9. The van der Waals surface area contributed by atoms with E-state index in [1.54, 1.807) is 6.92 Å². The topological polar surface area (TPSA) is 83.5 Å². The standard InChI is InChI=1S/C18H25NO4/c1-5-12(3)17(18(22)23)19-16(21)9-8-15(20)14-10-11(2)6-7-13(14)4/h6-7,10,12,17H,5,8-9H2,1-4H3,(H,19,21)(H,22,23). The molecule has 5 heteroatoms. The summed E-state index contributed by atoms with van der Waals surface area (Å²) < 4.78 is 0. The summed E-state index contributed by atoms with van der Waals surface area (Å²) >= 11 is 0. The average Bonchev–Trinajstić information content (AvgIpc) is 2.51. The third-order valence-corrected chi connectivity index (χ3v) is 4.07. The summed E-state index contributed by atoms with van der Waals surface area (Å²) in [4.78, 5) is 35.4. The van der Waals surface area contributed by atoms with E-state index in [-0.39, 0.29) is 24.5 Å². The zero-order chi connectivity index (χ0) is 17.6. The smallest absolute Gasteiger partial charge is 0.326 e. The van der Waals surface area contributed by atoms with Crippen LogP contribution in [0.15, 0.2) is 18.2 Å². The van der Waals surface area contributed by atoms with E-state index in [4.69, 9.17) is 5.11 Å². The molecule has 0 bridgehead atoms. The Hall–Kier alpha value is -2.17. The summed E-state index contributed by atoms with van der Waals surface area (Å²) in [5, 5.41) is 11.7. The number of rotatable bonds is 8. The molecule has 23 heavy (non-hydrogen) atoms. The molecule has 0 spiro atoms. The average molecular weight is 319 g/mol. The van der Waals surface area contributed by atoms with Gasteiger partial charge in [-0.1, -0.05) is 38.0 Å². The van der Waals surface area contributed by atoms with Crippen molar-refractivity contribution in [2.45, 2.75) is 53.0 Å². The second-order valence-electron chi connectivity index (χ2n) is 6.01. The molecule has 1 aromatic carbocycles. The van der Waals surface area contributed by atoms with Crippen LogP contribution in [-0.4, -0.2) is 28.8 Å². The van der Waals surface area contributed by atoms with Gasteiger partial charge in [0, 0.05) is 18.4 Å². The van der Waals surface area contributed by atoms with E-state index in [9.17, 15) is 14.4 Å². The summed E-state index contributed by atoms with van der Waals surface area (Å²) in [6.07, 6.45) is 0.716. The molecule has 0 aliphatic rings. The van der Waals surface area contributed by atoms with E-state index in [1.165, 1.54) is 0 Å². The molecule has 0 heterocycles. The minimum atomic E-state index is -1.05. The lowest BCUT2D eigenvalue weighted by atomic mass is 9.98. The SMILES string of the molecule is CCC(C)C(NC(=O)CCC(=O)c1cc(C)ccc1C)C(=O)O. The molecule has 5 nitrogen and oxygen atoms in total. The molecule has 0 fully saturated rings. The highest BCUT2D eigenvalue weighted by atomic mass is 16.4. The number of carbonyl (C=O) groups excluding carboxylic acids is 2. The molecule has 1 amide bonds. The van der Waals surface area contributed by atoms with Crippen molar-refractivity contribution < 1.29 is 19.5 Å². The van der Waals surface area contributed by atoms with E-state index in [0.29, 0.717) is 12.0 Å². The van der Waals surface area contributed by atoms with Crippen LogP contribution in [0.25, 0.3) is 0 Å². The van der Waals surface area contributed by atoms with E-state index < -0.39 is 17.9 Å². The Kier molecular flexibility index (Phi) is 6.94. The van der Waals surface area contributed by atoms with Gasteiger partial charge in [0.1, 0.15) is 6.04 Å². The van der Waals surface area contributed by atoms with Crippen molar-refractivity contribution >= 4 is 17.7 Å². The van der Waals surface area contributed by atoms with Crippen LogP contribution in [0.3, 0.4) is 0 Å². The number of hydrogen-bond acceptors (Lipinski definition) is 3. The summed E-state index contributed by atoms with van der Waals surface area (Å²) in [7, 11) is 0. The minimum absolute atomic E-state index is 0.00751. The molecule has 2 unspecified atom stereocenters. The number of benzene rings is 1. The Labute approximate surface area is 137 Å². The molecule has 0 radical (unpaired) electrons. The van der Waals surface area contributed by atoms with Crippen LogP contribution in [-0.2, 0) is 9.59 Å². The second-order valence-corrected chi connectivity index (χ2v) is 6.01. The Balaban J connectivity index is 2.63. The third-order valence-electron chi connectivity index (χ3n) is 4.07. The number of aliphatic carboxylic acids is 1. The van der Waals surface area contributed by atoms with Crippen molar-refractivity contribution in [2.75, 3.05) is 0 Å². The molecule has 0 aromatic heterocycles. The summed E-state index contributed by atoms with van der Waals surface area (Å²) in [6.45, 7) is 7.42. The predicted molar refractivity (Wildman–Crippen MR) is 88.5 cm³/mol. The predicted octanol–water partition coefficient (Wildman–Crippen LogP) is 2.88. The van der Waals surface area contributed by atoms with Gasteiger partial charge in [-0.25, -0.2) is 4.79 Å². The van der Waals surface area contributed by atoms with Gasteiger partial charge in [0.2, 0.25) is 5.91 Å². The quantitative estimate of drug-likeness (QED) is 0.722. The van der Waals surface area contributed by atoms with Gasteiger partial charge >= 0.3 is 5.97 Å². The molecule has 0 saturated carbocycles. The molecule has 126 valence electrons. The largest absolute Gasteiger partial charge is 0.480 e. The number of carboxylic acids is 1. The van der Waals surface area contributed by atoms with Gasteiger partial charge in [0.05, 0.1) is 0 Å². The highest BCUT2D eigenvalue weighted by Gasteiger charge is 2.25. The van der Waals surface area contributed by atoms with Gasteiger partial charge in [0.25, 0.3) is 0 Å². The normalized spacial score (nSPS) is 13.2. The summed E-state index contributed by atoms with van der Waals surface area (Å²) in [6, 6.07) is 4.71. The second kappa shape index (κ2) is 8.46. The molecule has 2 atom stereocenters. The Morgan fingerprint density at radius 2 is 1.83 bits per heavy atom. The molecular formula is C18H25NO4. The first-order valence-electron chi connectivity index (χ1n) is 7.88. The minimum Gasteiger partial charge on any atom is -0.480 e. The van der Waals surface area contributed by atoms with Crippen LogP contribution in [0.5, 0.6) is 0 Å². The Bertz CT molecular complexity index is 595. The maximum atomic E-state index is 12.2. The number of ketones is 1. The molecular weight excluding hydrogens is 294 g/mol. The highest BCUT2D eigenvalue weighted by molar-refractivity contribution is 5.99. The molecule has 2 N–H and O–H groups in total. The number of carbonyl (C=O) groups is 3. The van der Waals surface area contributed by atoms with E-state index >= 15 is 0 Å². The lowest BCUT2D eigenvalue weighted by molar-refractivity contribution is -0.143. The Morgan fingerprint density at radius 1 is 1.17 bits per heavy atom. The van der Waals surface area contributed by atoms with Crippen molar-refractivity contribution in [2.24, 2.45) is 5.92 Å². The zero-order valence-corrected chi connectivity index (χ0v) is 14.2. The van der Waals surface area contributed by atoms with Crippen molar-refractivity contribution in [1.82, 2.24) is 5.32 Å². The van der Waals surface area contributed by atoms with Crippen LogP contribution in [0, 0.1) is 19.8 Å². The monoisotopic (exact) mass is 319 g/mol. The van der Waals surface area contributed by atoms with E-state index in [1.807, 2.05) is 39.0 Å². The van der Waals surface area contributed by atoms with Crippen LogP contribution >= 0.6 is 0 Å². The van der Waals surface area contributed by atoms with Gasteiger partial charge in [0.15, 0.2) is 5.78 Å². The molecule has 0 aliphatic carbocycles. The van der Waals surface area contributed by atoms with Crippen molar-refractivity contribution in [3.8, 4) is 0 Å². The van der Waals surface area contributed by atoms with E-state index in [2.05, 4.69) is 5.32 Å². The van der Waals surface area contributed by atoms with Crippen molar-refractivity contribution in [1.29, 1.82) is 0 Å². The van der Waals surface area contributed by atoms with Gasteiger partial charge in [-0.05, 0) is 31.4 Å². The fourth-order valence-corrected chi connectivity index (χ4v) is 2.33. The van der Waals surface area contributed by atoms with Gasteiger partial charge in [-0.15, -0.1) is 0 Å². The lowest BCUT2D eigenvalue weighted by Gasteiger charge is -2.20. The lowest BCUT2D eigenvalue weighted by Crippen LogP contribution is -2.45. The molecule has 1 rings (SSSR count).